The van der Waals surface area contributed by atoms with E-state index in [4.69, 9.17) is 4.42 Å². The van der Waals surface area contributed by atoms with Crippen molar-refractivity contribution < 1.29 is 4.42 Å². The van der Waals surface area contributed by atoms with Crippen LogP contribution in [-0.2, 0) is 11.0 Å². The van der Waals surface area contributed by atoms with E-state index in [0.717, 1.165) is 5.58 Å². The molecule has 2 aliphatic rings. The third-order valence-corrected chi connectivity index (χ3v) is 9.35. The summed E-state index contributed by atoms with van der Waals surface area (Å²) in [5.41, 5.74) is 6.82. The highest BCUT2D eigenvalue weighted by molar-refractivity contribution is 7.19. The van der Waals surface area contributed by atoms with Crippen LogP contribution in [0, 0.1) is 12.3 Å². The van der Waals surface area contributed by atoms with Crippen molar-refractivity contribution in [1.82, 2.24) is 0 Å². The quantitative estimate of drug-likeness (QED) is 0.430. The molecule has 136 valence electrons. The van der Waals surface area contributed by atoms with Gasteiger partial charge in [-0.25, -0.2) is 0 Å². The van der Waals surface area contributed by atoms with Gasteiger partial charge in [0.15, 0.2) is 0 Å². The van der Waals surface area contributed by atoms with Crippen molar-refractivity contribution in [2.75, 3.05) is 4.90 Å². The molecule has 2 aliphatic heterocycles. The summed E-state index contributed by atoms with van der Waals surface area (Å²) in [6, 6.07) is 9.25. The summed E-state index contributed by atoms with van der Waals surface area (Å²) in [5, 5.41) is 0. The molecule has 0 N–H and O–H groups in total. The Morgan fingerprint density at radius 2 is 1.81 bits per heavy atom. The summed E-state index contributed by atoms with van der Waals surface area (Å²) in [7, 11) is 0. The zero-order valence-corrected chi connectivity index (χ0v) is 17.5. The number of anilines is 1. The van der Waals surface area contributed by atoms with Gasteiger partial charge in [0, 0.05) is 21.5 Å². The number of thiophene rings is 1. The van der Waals surface area contributed by atoms with Gasteiger partial charge in [-0.1, -0.05) is 45.9 Å². The number of furan rings is 1. The molecule has 1 aromatic carbocycles. The van der Waals surface area contributed by atoms with Crippen LogP contribution in [0.5, 0.6) is 0 Å². The lowest BCUT2D eigenvalue weighted by molar-refractivity contribution is 0.0672. The first-order valence-electron chi connectivity index (χ1n) is 9.54. The molecule has 26 heavy (non-hydrogen) atoms. The highest BCUT2D eigenvalue weighted by atomic mass is 32.1. The average Bonchev–Trinajstić information content (AvgIpc) is 3.19. The van der Waals surface area contributed by atoms with E-state index >= 15 is 0 Å². The normalized spacial score (nSPS) is 28.1. The molecule has 2 unspecified atom stereocenters. The summed E-state index contributed by atoms with van der Waals surface area (Å²) in [5.74, 6) is 0. The monoisotopic (exact) mass is 365 g/mol. The van der Waals surface area contributed by atoms with E-state index in [2.05, 4.69) is 77.6 Å². The second-order valence-electron chi connectivity index (χ2n) is 9.30. The minimum atomic E-state index is -0.0590. The van der Waals surface area contributed by atoms with Crippen LogP contribution < -0.4 is 4.90 Å². The van der Waals surface area contributed by atoms with Crippen molar-refractivity contribution in [2.24, 2.45) is 5.41 Å². The van der Waals surface area contributed by atoms with Crippen LogP contribution in [-0.4, -0.2) is 0 Å². The Morgan fingerprint density at radius 1 is 1.08 bits per heavy atom. The zero-order chi connectivity index (χ0) is 18.6. The Hall–Kier alpha value is -1.74. The second-order valence-corrected chi connectivity index (χ2v) is 10.4. The fourth-order valence-electron chi connectivity index (χ4n) is 5.64. The highest BCUT2D eigenvalue weighted by Gasteiger charge is 2.65. The largest absolute Gasteiger partial charge is 0.463 e. The number of hydrogen-bond donors (Lipinski definition) is 0. The molecule has 3 heteroatoms. The van der Waals surface area contributed by atoms with Crippen LogP contribution in [0.25, 0.3) is 10.3 Å². The Labute approximate surface area is 159 Å². The van der Waals surface area contributed by atoms with Crippen LogP contribution in [0.3, 0.4) is 0 Å². The summed E-state index contributed by atoms with van der Waals surface area (Å²) in [6.45, 7) is 16.8. The molecule has 4 heterocycles. The van der Waals surface area contributed by atoms with Gasteiger partial charge in [0.05, 0.1) is 22.5 Å². The molecule has 0 spiro atoms. The fraction of sp³-hybridized carbons (Fsp3) is 0.478. The van der Waals surface area contributed by atoms with E-state index in [1.807, 2.05) is 17.6 Å². The molecule has 0 saturated heterocycles. The first-order valence-corrected chi connectivity index (χ1v) is 10.4. The number of aryl methyl sites for hydroxylation is 1. The van der Waals surface area contributed by atoms with Crippen molar-refractivity contribution in [3.63, 3.8) is 0 Å². The second kappa shape index (κ2) is 4.56. The average molecular weight is 366 g/mol. The number of benzene rings is 1. The smallest absolute Gasteiger partial charge is 0.150 e. The van der Waals surface area contributed by atoms with E-state index in [-0.39, 0.29) is 16.4 Å². The minimum absolute atomic E-state index is 0.0581. The first-order chi connectivity index (χ1) is 12.1. The van der Waals surface area contributed by atoms with Crippen molar-refractivity contribution >= 4 is 27.3 Å². The Morgan fingerprint density at radius 3 is 2.54 bits per heavy atom. The Kier molecular flexibility index (Phi) is 2.88. The number of para-hydroxylation sites is 1. The standard InChI is InChI=1S/C23H27NOS/c1-13-9-8-10-15-18(13)24-14(2)17-19-16(11-12-25-19)26-20(17)23(24,7)22(5,6)21(15,3)4/h8-12,14H,1-7H3. The molecule has 0 aliphatic carbocycles. The predicted molar refractivity (Wildman–Crippen MR) is 110 cm³/mol. The molecule has 0 amide bonds. The molecule has 0 fully saturated rings. The van der Waals surface area contributed by atoms with Crippen LogP contribution in [0.15, 0.2) is 34.9 Å². The third-order valence-electron chi connectivity index (χ3n) is 7.99. The zero-order valence-electron chi connectivity index (χ0n) is 16.7. The Bertz CT molecular complexity index is 1050. The molecular formula is C23H27NOS. The number of hydrogen-bond acceptors (Lipinski definition) is 3. The molecule has 2 nitrogen and oxygen atoms in total. The molecular weight excluding hydrogens is 338 g/mol. The van der Waals surface area contributed by atoms with Gasteiger partial charge in [-0.05, 0) is 43.4 Å². The van der Waals surface area contributed by atoms with Gasteiger partial charge in [0.25, 0.3) is 0 Å². The van der Waals surface area contributed by atoms with Crippen molar-refractivity contribution in [1.29, 1.82) is 0 Å². The van der Waals surface area contributed by atoms with Gasteiger partial charge in [-0.2, -0.15) is 0 Å². The first kappa shape index (κ1) is 16.4. The van der Waals surface area contributed by atoms with Crippen LogP contribution in [0.4, 0.5) is 5.69 Å². The van der Waals surface area contributed by atoms with E-state index < -0.39 is 0 Å². The summed E-state index contributed by atoms with van der Waals surface area (Å²) in [6.07, 6.45) is 1.84. The van der Waals surface area contributed by atoms with Crippen molar-refractivity contribution in [2.45, 2.75) is 65.5 Å². The van der Waals surface area contributed by atoms with E-state index in [1.54, 1.807) is 0 Å². The van der Waals surface area contributed by atoms with Gasteiger partial charge < -0.3 is 9.32 Å². The van der Waals surface area contributed by atoms with E-state index in [9.17, 15) is 0 Å². The molecule has 3 aromatic rings. The van der Waals surface area contributed by atoms with Gasteiger partial charge >= 0.3 is 0 Å². The maximum atomic E-state index is 5.94. The lowest BCUT2D eigenvalue weighted by Gasteiger charge is -2.62. The number of fused-ring (bicyclic) bond motifs is 7. The third kappa shape index (κ3) is 1.49. The number of rotatable bonds is 0. The Balaban J connectivity index is 1.94. The van der Waals surface area contributed by atoms with Gasteiger partial charge in [0.1, 0.15) is 5.58 Å². The van der Waals surface area contributed by atoms with E-state index in [0.29, 0.717) is 6.04 Å². The van der Waals surface area contributed by atoms with Crippen molar-refractivity contribution in [3.05, 3.63) is 52.1 Å². The number of nitrogens with zero attached hydrogens (tertiary/aromatic N) is 1. The fourth-order valence-corrected chi connectivity index (χ4v) is 7.16. The maximum Gasteiger partial charge on any atom is 0.150 e. The maximum absolute atomic E-state index is 5.94. The highest BCUT2D eigenvalue weighted by Crippen LogP contribution is 2.69. The lowest BCUT2D eigenvalue weighted by atomic mass is 9.52. The molecule has 2 atom stereocenters. The predicted octanol–water partition coefficient (Wildman–Crippen LogP) is 6.92. The van der Waals surface area contributed by atoms with Crippen LogP contribution in [0.1, 0.15) is 69.2 Å². The summed E-state index contributed by atoms with van der Waals surface area (Å²) >= 11 is 1.93. The SMILES string of the molecule is Cc1cccc2c1N1C(C)c3c(sc4ccoc34)C1(C)C(C)(C)C2(C)C. The topological polar surface area (TPSA) is 16.4 Å². The molecule has 0 bridgehead atoms. The van der Waals surface area contributed by atoms with Gasteiger partial charge in [0.2, 0.25) is 0 Å². The van der Waals surface area contributed by atoms with Crippen LogP contribution >= 0.6 is 11.3 Å². The van der Waals surface area contributed by atoms with Gasteiger partial charge in [-0.15, -0.1) is 11.3 Å². The van der Waals surface area contributed by atoms with Crippen LogP contribution in [0.2, 0.25) is 0 Å². The van der Waals surface area contributed by atoms with Crippen molar-refractivity contribution in [3.8, 4) is 0 Å². The van der Waals surface area contributed by atoms with E-state index in [1.165, 1.54) is 32.0 Å². The summed E-state index contributed by atoms with van der Waals surface area (Å²) < 4.78 is 7.23. The summed E-state index contributed by atoms with van der Waals surface area (Å²) in [4.78, 5) is 4.19. The minimum Gasteiger partial charge on any atom is -0.463 e. The molecule has 5 rings (SSSR count). The lowest BCUT2D eigenvalue weighted by Crippen LogP contribution is -2.61. The molecule has 0 radical (unpaired) electrons. The molecule has 0 saturated carbocycles. The molecule has 2 aromatic heterocycles. The van der Waals surface area contributed by atoms with Gasteiger partial charge in [-0.3, -0.25) is 0 Å².